The minimum Gasteiger partial charge on any atom is -0.481 e. The lowest BCUT2D eigenvalue weighted by Crippen LogP contribution is -2.37. The van der Waals surface area contributed by atoms with Gasteiger partial charge in [-0.3, -0.25) is 9.59 Å². The van der Waals surface area contributed by atoms with Crippen LogP contribution in [0.25, 0.3) is 0 Å². The Morgan fingerprint density at radius 2 is 1.90 bits per heavy atom. The van der Waals surface area contributed by atoms with Crippen LogP contribution in [0.15, 0.2) is 30.3 Å². The molecule has 1 aromatic carbocycles. The first-order chi connectivity index (χ1) is 9.65. The van der Waals surface area contributed by atoms with Crippen LogP contribution in [0.1, 0.15) is 49.4 Å². The summed E-state index contributed by atoms with van der Waals surface area (Å²) in [6.45, 7) is 2.87. The van der Waals surface area contributed by atoms with Gasteiger partial charge in [-0.15, -0.1) is 0 Å². The molecular formula is C16H23NO3. The fraction of sp³-hybridized carbons (Fsp3) is 0.500. The summed E-state index contributed by atoms with van der Waals surface area (Å²) in [5.41, 5.74) is 0.630. The third kappa shape index (κ3) is 5.97. The average molecular weight is 277 g/mol. The summed E-state index contributed by atoms with van der Waals surface area (Å²) in [7, 11) is 0. The number of benzene rings is 1. The highest BCUT2D eigenvalue weighted by atomic mass is 16.4. The second-order valence-electron chi connectivity index (χ2n) is 4.88. The fourth-order valence-corrected chi connectivity index (χ4v) is 2.05. The van der Waals surface area contributed by atoms with Gasteiger partial charge in [-0.1, -0.05) is 50.1 Å². The van der Waals surface area contributed by atoms with E-state index in [1.807, 2.05) is 18.2 Å². The van der Waals surface area contributed by atoms with Crippen molar-refractivity contribution in [2.75, 3.05) is 6.54 Å². The molecule has 0 saturated heterocycles. The van der Waals surface area contributed by atoms with Crippen LogP contribution in [0.4, 0.5) is 0 Å². The van der Waals surface area contributed by atoms with Crippen molar-refractivity contribution in [3.63, 3.8) is 0 Å². The molecule has 0 spiro atoms. The number of carboxylic acid groups (broad SMARTS) is 1. The van der Waals surface area contributed by atoms with Crippen LogP contribution in [0.3, 0.4) is 0 Å². The molecule has 0 radical (unpaired) electrons. The zero-order valence-electron chi connectivity index (χ0n) is 12.0. The normalized spacial score (nSPS) is 12.1. The van der Waals surface area contributed by atoms with E-state index in [-0.39, 0.29) is 12.2 Å². The largest absolute Gasteiger partial charge is 0.481 e. The SMILES string of the molecule is CCCCCNC(CCC(=O)O)C(=O)c1ccccc1. The average Bonchev–Trinajstić information content (AvgIpc) is 2.46. The number of unbranched alkanes of at least 4 members (excludes halogenated alkanes) is 2. The highest BCUT2D eigenvalue weighted by Gasteiger charge is 2.20. The molecule has 0 amide bonds. The van der Waals surface area contributed by atoms with Gasteiger partial charge in [0.25, 0.3) is 0 Å². The van der Waals surface area contributed by atoms with Crippen molar-refractivity contribution >= 4 is 11.8 Å². The quantitative estimate of drug-likeness (QED) is 0.510. The molecule has 4 heteroatoms. The second-order valence-corrected chi connectivity index (χ2v) is 4.88. The molecule has 20 heavy (non-hydrogen) atoms. The Kier molecular flexibility index (Phi) is 7.58. The number of Topliss-reactive ketones (excluding diaryl/α,β-unsaturated/α-hetero) is 1. The van der Waals surface area contributed by atoms with Gasteiger partial charge in [0.15, 0.2) is 5.78 Å². The summed E-state index contributed by atoms with van der Waals surface area (Å²) in [6.07, 6.45) is 3.56. The van der Waals surface area contributed by atoms with Crippen molar-refractivity contribution in [1.29, 1.82) is 0 Å². The first-order valence-electron chi connectivity index (χ1n) is 7.19. The molecule has 0 aromatic heterocycles. The monoisotopic (exact) mass is 277 g/mol. The van der Waals surface area contributed by atoms with Crippen LogP contribution in [-0.2, 0) is 4.79 Å². The van der Waals surface area contributed by atoms with Crippen LogP contribution < -0.4 is 5.32 Å². The minimum atomic E-state index is -0.869. The number of nitrogens with one attached hydrogen (secondary N) is 1. The van der Waals surface area contributed by atoms with Crippen LogP contribution >= 0.6 is 0 Å². The van der Waals surface area contributed by atoms with Gasteiger partial charge in [-0.05, 0) is 19.4 Å². The number of rotatable bonds is 10. The third-order valence-corrected chi connectivity index (χ3v) is 3.19. The molecule has 2 N–H and O–H groups in total. The van der Waals surface area contributed by atoms with Crippen molar-refractivity contribution in [3.05, 3.63) is 35.9 Å². The lowest BCUT2D eigenvalue weighted by atomic mass is 10.00. The lowest BCUT2D eigenvalue weighted by molar-refractivity contribution is -0.137. The zero-order valence-corrected chi connectivity index (χ0v) is 12.0. The van der Waals surface area contributed by atoms with Crippen molar-refractivity contribution in [3.8, 4) is 0 Å². The number of carbonyl (C=O) groups excluding carboxylic acids is 1. The smallest absolute Gasteiger partial charge is 0.303 e. The number of hydrogen-bond acceptors (Lipinski definition) is 3. The maximum absolute atomic E-state index is 12.4. The van der Waals surface area contributed by atoms with Gasteiger partial charge in [0, 0.05) is 12.0 Å². The predicted molar refractivity (Wildman–Crippen MR) is 79.0 cm³/mol. The third-order valence-electron chi connectivity index (χ3n) is 3.19. The van der Waals surface area contributed by atoms with E-state index in [1.165, 1.54) is 0 Å². The minimum absolute atomic E-state index is 0.00399. The second kappa shape index (κ2) is 9.26. The molecular weight excluding hydrogens is 254 g/mol. The fourth-order valence-electron chi connectivity index (χ4n) is 2.05. The number of carboxylic acids is 1. The maximum Gasteiger partial charge on any atom is 0.303 e. The van der Waals surface area contributed by atoms with Crippen molar-refractivity contribution in [2.45, 2.75) is 45.1 Å². The maximum atomic E-state index is 12.4. The van der Waals surface area contributed by atoms with Crippen LogP contribution in [-0.4, -0.2) is 29.4 Å². The molecule has 0 fully saturated rings. The van der Waals surface area contributed by atoms with E-state index >= 15 is 0 Å². The van der Waals surface area contributed by atoms with E-state index < -0.39 is 12.0 Å². The molecule has 0 aliphatic carbocycles. The van der Waals surface area contributed by atoms with Gasteiger partial charge in [0.05, 0.1) is 6.04 Å². The summed E-state index contributed by atoms with van der Waals surface area (Å²) < 4.78 is 0. The molecule has 0 heterocycles. The first kappa shape index (κ1) is 16.4. The zero-order chi connectivity index (χ0) is 14.8. The number of aliphatic carboxylic acids is 1. The number of ketones is 1. The molecule has 0 bridgehead atoms. The van der Waals surface area contributed by atoms with E-state index in [4.69, 9.17) is 5.11 Å². The summed E-state index contributed by atoms with van der Waals surface area (Å²) in [5.74, 6) is -0.894. The highest BCUT2D eigenvalue weighted by molar-refractivity contribution is 6.00. The number of carbonyl (C=O) groups is 2. The van der Waals surface area contributed by atoms with Gasteiger partial charge in [-0.2, -0.15) is 0 Å². The molecule has 1 atom stereocenters. The number of hydrogen-bond donors (Lipinski definition) is 2. The molecule has 0 aliphatic heterocycles. The Hall–Kier alpha value is -1.68. The lowest BCUT2D eigenvalue weighted by Gasteiger charge is -2.17. The Bertz CT molecular complexity index is 417. The van der Waals surface area contributed by atoms with E-state index in [9.17, 15) is 9.59 Å². The van der Waals surface area contributed by atoms with Crippen LogP contribution in [0.5, 0.6) is 0 Å². The van der Waals surface area contributed by atoms with Gasteiger partial charge < -0.3 is 10.4 Å². The molecule has 110 valence electrons. The summed E-state index contributed by atoms with van der Waals surface area (Å²) in [5, 5.41) is 12.0. The molecule has 0 saturated carbocycles. The Balaban J connectivity index is 2.60. The van der Waals surface area contributed by atoms with Crippen LogP contribution in [0, 0.1) is 0 Å². The van der Waals surface area contributed by atoms with Gasteiger partial charge >= 0.3 is 5.97 Å². The van der Waals surface area contributed by atoms with E-state index in [1.54, 1.807) is 12.1 Å². The Labute approximate surface area is 120 Å². The van der Waals surface area contributed by atoms with E-state index in [2.05, 4.69) is 12.2 Å². The summed E-state index contributed by atoms with van der Waals surface area (Å²) >= 11 is 0. The van der Waals surface area contributed by atoms with Crippen molar-refractivity contribution in [2.24, 2.45) is 0 Å². The van der Waals surface area contributed by atoms with E-state index in [0.29, 0.717) is 12.0 Å². The molecule has 4 nitrogen and oxygen atoms in total. The van der Waals surface area contributed by atoms with Crippen molar-refractivity contribution in [1.82, 2.24) is 5.32 Å². The van der Waals surface area contributed by atoms with Gasteiger partial charge in [0.1, 0.15) is 0 Å². The summed E-state index contributed by atoms with van der Waals surface area (Å²) in [4.78, 5) is 23.1. The van der Waals surface area contributed by atoms with Crippen LogP contribution in [0.2, 0.25) is 0 Å². The van der Waals surface area contributed by atoms with E-state index in [0.717, 1.165) is 25.8 Å². The molecule has 1 rings (SSSR count). The Morgan fingerprint density at radius 3 is 2.50 bits per heavy atom. The molecule has 1 aromatic rings. The predicted octanol–water partition coefficient (Wildman–Crippen LogP) is 2.88. The first-order valence-corrected chi connectivity index (χ1v) is 7.19. The van der Waals surface area contributed by atoms with Crippen molar-refractivity contribution < 1.29 is 14.7 Å². The highest BCUT2D eigenvalue weighted by Crippen LogP contribution is 2.08. The topological polar surface area (TPSA) is 66.4 Å². The van der Waals surface area contributed by atoms with Gasteiger partial charge in [-0.25, -0.2) is 0 Å². The van der Waals surface area contributed by atoms with Gasteiger partial charge in [0.2, 0.25) is 0 Å². The summed E-state index contributed by atoms with van der Waals surface area (Å²) in [6, 6.07) is 8.62. The molecule has 1 unspecified atom stereocenters. The molecule has 0 aliphatic rings. The standard InChI is InChI=1S/C16H23NO3/c1-2-3-7-12-17-14(10-11-15(18)19)16(20)13-8-5-4-6-9-13/h4-6,8-9,14,17H,2-3,7,10-12H2,1H3,(H,18,19). The Morgan fingerprint density at radius 1 is 1.20 bits per heavy atom.